The molecule has 0 aliphatic carbocycles. The van der Waals surface area contributed by atoms with Gasteiger partial charge < -0.3 is 9.30 Å². The zero-order valence-electron chi connectivity index (χ0n) is 14.6. The first kappa shape index (κ1) is 18.1. The number of halogens is 1. The first-order valence-corrected chi connectivity index (χ1v) is 9.00. The molecule has 26 heavy (non-hydrogen) atoms. The number of aromatic nitrogens is 3. The van der Waals surface area contributed by atoms with Gasteiger partial charge in [0.2, 0.25) is 0 Å². The van der Waals surface area contributed by atoms with Crippen molar-refractivity contribution in [2.75, 3.05) is 11.4 Å². The minimum Gasteiger partial charge on any atom is -0.486 e. The highest BCUT2D eigenvalue weighted by atomic mass is 79.9. The fraction of sp³-hybridized carbons (Fsp3) is 0.211. The Bertz CT molecular complexity index is 875. The number of pyridine rings is 1. The van der Waals surface area contributed by atoms with Crippen molar-refractivity contribution in [2.24, 2.45) is 7.05 Å². The Morgan fingerprint density at radius 3 is 2.54 bits per heavy atom. The number of amides is 1. The Labute approximate surface area is 160 Å². The van der Waals surface area contributed by atoms with Crippen LogP contribution in [0.4, 0.5) is 5.82 Å². The molecule has 0 fully saturated rings. The summed E-state index contributed by atoms with van der Waals surface area (Å²) in [6, 6.07) is 10.8. The molecule has 0 saturated heterocycles. The number of nitrogens with zero attached hydrogens (tertiary/aromatic N) is 4. The number of ether oxygens (including phenoxy) is 1. The topological polar surface area (TPSA) is 60.3 Å². The van der Waals surface area contributed by atoms with Crippen molar-refractivity contribution >= 4 is 27.7 Å². The number of imidazole rings is 1. The van der Waals surface area contributed by atoms with E-state index < -0.39 is 0 Å². The average molecular weight is 415 g/mol. The molecule has 134 valence electrons. The third-order valence-corrected chi connectivity index (χ3v) is 4.41. The van der Waals surface area contributed by atoms with E-state index in [-0.39, 0.29) is 5.91 Å². The lowest BCUT2D eigenvalue weighted by molar-refractivity contribution is 0.0987. The molecule has 6 nitrogen and oxygen atoms in total. The minimum atomic E-state index is -0.0991. The molecule has 7 heteroatoms. The summed E-state index contributed by atoms with van der Waals surface area (Å²) in [4.78, 5) is 22.9. The Balaban J connectivity index is 1.69. The zero-order valence-corrected chi connectivity index (χ0v) is 16.2. The lowest BCUT2D eigenvalue weighted by Gasteiger charge is -2.20. The van der Waals surface area contributed by atoms with Crippen molar-refractivity contribution in [3.63, 3.8) is 0 Å². The van der Waals surface area contributed by atoms with Crippen LogP contribution in [0.15, 0.2) is 59.5 Å². The molecule has 0 saturated carbocycles. The van der Waals surface area contributed by atoms with Gasteiger partial charge in [-0.3, -0.25) is 9.69 Å². The Hall–Kier alpha value is -2.67. The number of hydrogen-bond acceptors (Lipinski definition) is 4. The predicted octanol–water partition coefficient (Wildman–Crippen LogP) is 3.82. The number of carbonyl (C=O) groups excluding carboxylic acids is 1. The fourth-order valence-electron chi connectivity index (χ4n) is 2.47. The zero-order chi connectivity index (χ0) is 18.5. The van der Waals surface area contributed by atoms with Crippen molar-refractivity contribution in [2.45, 2.75) is 13.5 Å². The Morgan fingerprint density at radius 1 is 1.19 bits per heavy atom. The molecule has 1 amide bonds. The summed E-state index contributed by atoms with van der Waals surface area (Å²) in [5, 5.41) is 0. The molecule has 0 atom stereocenters. The summed E-state index contributed by atoms with van der Waals surface area (Å²) < 4.78 is 8.50. The molecule has 3 rings (SSSR count). The Kier molecular flexibility index (Phi) is 5.68. The lowest BCUT2D eigenvalue weighted by Crippen LogP contribution is -2.31. The number of carbonyl (C=O) groups is 1. The van der Waals surface area contributed by atoms with E-state index in [2.05, 4.69) is 25.9 Å². The van der Waals surface area contributed by atoms with E-state index in [0.29, 0.717) is 30.3 Å². The van der Waals surface area contributed by atoms with Crippen LogP contribution < -0.4 is 9.64 Å². The van der Waals surface area contributed by atoms with Gasteiger partial charge in [-0.2, -0.15) is 0 Å². The average Bonchev–Trinajstić information content (AvgIpc) is 3.07. The smallest absolute Gasteiger partial charge is 0.259 e. The van der Waals surface area contributed by atoms with Gasteiger partial charge in [-0.1, -0.05) is 0 Å². The van der Waals surface area contributed by atoms with Crippen molar-refractivity contribution in [3.05, 3.63) is 70.8 Å². The summed E-state index contributed by atoms with van der Waals surface area (Å²) in [6.07, 6.45) is 5.28. The Morgan fingerprint density at radius 2 is 1.96 bits per heavy atom. The van der Waals surface area contributed by atoms with E-state index in [9.17, 15) is 4.79 Å². The highest BCUT2D eigenvalue weighted by Crippen LogP contribution is 2.19. The fourth-order valence-corrected chi connectivity index (χ4v) is 2.70. The standard InChI is InChI=1S/C19H19BrN4O2/c1-3-24(17-9-6-15(20)12-22-17)19(25)14-4-7-16(8-5-14)26-13-18-21-10-11-23(18)2/h4-12H,3,13H2,1-2H3. The minimum absolute atomic E-state index is 0.0991. The summed E-state index contributed by atoms with van der Waals surface area (Å²) in [7, 11) is 1.92. The lowest BCUT2D eigenvalue weighted by atomic mass is 10.2. The van der Waals surface area contributed by atoms with Crippen molar-refractivity contribution in [1.29, 1.82) is 0 Å². The molecule has 0 radical (unpaired) electrons. The van der Waals surface area contributed by atoms with Crippen LogP contribution in [0.2, 0.25) is 0 Å². The monoisotopic (exact) mass is 414 g/mol. The van der Waals surface area contributed by atoms with E-state index >= 15 is 0 Å². The molecular weight excluding hydrogens is 396 g/mol. The number of aryl methyl sites for hydroxylation is 1. The van der Waals surface area contributed by atoms with Crippen molar-refractivity contribution in [3.8, 4) is 5.75 Å². The second kappa shape index (κ2) is 8.14. The molecule has 0 aliphatic heterocycles. The molecule has 1 aromatic carbocycles. The van der Waals surface area contributed by atoms with Crippen LogP contribution in [0.5, 0.6) is 5.75 Å². The first-order valence-electron chi connectivity index (χ1n) is 8.21. The number of rotatable bonds is 6. The number of benzene rings is 1. The first-order chi connectivity index (χ1) is 12.6. The van der Waals surface area contributed by atoms with Gasteiger partial charge in [0, 0.05) is 42.2 Å². The maximum absolute atomic E-state index is 12.8. The third-order valence-electron chi connectivity index (χ3n) is 3.94. The molecule has 3 aromatic rings. The summed E-state index contributed by atoms with van der Waals surface area (Å²) in [6.45, 7) is 2.83. The number of hydrogen-bond donors (Lipinski definition) is 0. The van der Waals surface area contributed by atoms with Crippen LogP contribution in [-0.4, -0.2) is 27.0 Å². The second-order valence-electron chi connectivity index (χ2n) is 5.65. The highest BCUT2D eigenvalue weighted by molar-refractivity contribution is 9.10. The van der Waals surface area contributed by atoms with Gasteiger partial charge in [-0.05, 0) is 59.3 Å². The molecule has 0 unspecified atom stereocenters. The molecule has 2 aromatic heterocycles. The largest absolute Gasteiger partial charge is 0.486 e. The normalized spacial score (nSPS) is 10.6. The molecule has 0 spiro atoms. The van der Waals surface area contributed by atoms with E-state index in [0.717, 1.165) is 10.3 Å². The molecule has 0 N–H and O–H groups in total. The predicted molar refractivity (Wildman–Crippen MR) is 103 cm³/mol. The van der Waals surface area contributed by atoms with Gasteiger partial charge in [-0.25, -0.2) is 9.97 Å². The third kappa shape index (κ3) is 4.11. The highest BCUT2D eigenvalue weighted by Gasteiger charge is 2.17. The summed E-state index contributed by atoms with van der Waals surface area (Å²) in [5.41, 5.74) is 0.584. The van der Waals surface area contributed by atoms with Gasteiger partial charge in [0.1, 0.15) is 24.0 Å². The van der Waals surface area contributed by atoms with Gasteiger partial charge in [0.15, 0.2) is 0 Å². The second-order valence-corrected chi connectivity index (χ2v) is 6.57. The van der Waals surface area contributed by atoms with Gasteiger partial charge in [0.25, 0.3) is 5.91 Å². The maximum Gasteiger partial charge on any atom is 0.259 e. The summed E-state index contributed by atoms with van der Waals surface area (Å²) >= 11 is 3.35. The molecule has 0 aliphatic rings. The van der Waals surface area contributed by atoms with Gasteiger partial charge >= 0.3 is 0 Å². The van der Waals surface area contributed by atoms with Crippen molar-refractivity contribution < 1.29 is 9.53 Å². The van der Waals surface area contributed by atoms with Crippen molar-refractivity contribution in [1.82, 2.24) is 14.5 Å². The van der Waals surface area contributed by atoms with Gasteiger partial charge in [-0.15, -0.1) is 0 Å². The maximum atomic E-state index is 12.8. The summed E-state index contributed by atoms with van der Waals surface area (Å²) in [5.74, 6) is 2.05. The number of anilines is 1. The van der Waals surface area contributed by atoms with E-state index in [4.69, 9.17) is 4.74 Å². The van der Waals surface area contributed by atoms with E-state index in [1.54, 1.807) is 41.6 Å². The van der Waals surface area contributed by atoms with Crippen LogP contribution in [0.3, 0.4) is 0 Å². The van der Waals surface area contributed by atoms with Crippen LogP contribution in [0.25, 0.3) is 0 Å². The molecule has 0 bridgehead atoms. The van der Waals surface area contributed by atoms with E-state index in [1.165, 1.54) is 0 Å². The van der Waals surface area contributed by atoms with E-state index in [1.807, 2.05) is 36.9 Å². The quantitative estimate of drug-likeness (QED) is 0.614. The molecular formula is C19H19BrN4O2. The molecule has 2 heterocycles. The van der Waals surface area contributed by atoms with Crippen LogP contribution in [0, 0.1) is 0 Å². The van der Waals surface area contributed by atoms with Crippen LogP contribution >= 0.6 is 15.9 Å². The SMILES string of the molecule is CCN(C(=O)c1ccc(OCc2nccn2C)cc1)c1ccc(Br)cn1. The van der Waals surface area contributed by atoms with Gasteiger partial charge in [0.05, 0.1) is 0 Å². The van der Waals surface area contributed by atoms with Crippen LogP contribution in [0.1, 0.15) is 23.1 Å². The van der Waals surface area contributed by atoms with Crippen LogP contribution in [-0.2, 0) is 13.7 Å².